The summed E-state index contributed by atoms with van der Waals surface area (Å²) >= 11 is 0. The van der Waals surface area contributed by atoms with Crippen LogP contribution in [0.1, 0.15) is 5.56 Å². The Bertz CT molecular complexity index is 497. The molecule has 0 aliphatic rings. The first-order valence-electron chi connectivity index (χ1n) is 5.03. The van der Waals surface area contributed by atoms with Gasteiger partial charge in [-0.1, -0.05) is 0 Å². The molecular formula is C10H13F3N2O2S. The van der Waals surface area contributed by atoms with Gasteiger partial charge in [-0.05, 0) is 24.3 Å². The van der Waals surface area contributed by atoms with Crippen LogP contribution in [0.4, 0.5) is 13.2 Å². The van der Waals surface area contributed by atoms with Crippen LogP contribution in [0.15, 0.2) is 29.2 Å². The number of alkyl halides is 3. The molecule has 0 saturated heterocycles. The Morgan fingerprint density at radius 3 is 2.11 bits per heavy atom. The first kappa shape index (κ1) is 14.9. The topological polar surface area (TPSA) is 63.4 Å². The maximum atomic E-state index is 12.3. The van der Waals surface area contributed by atoms with Crippen molar-refractivity contribution in [1.29, 1.82) is 0 Å². The number of nitrogens with zero attached hydrogens (tertiary/aromatic N) is 1. The number of sulfonamides is 1. The highest BCUT2D eigenvalue weighted by atomic mass is 32.2. The number of hydrogen-bond acceptors (Lipinski definition) is 3. The van der Waals surface area contributed by atoms with Crippen molar-refractivity contribution in [2.45, 2.75) is 11.1 Å². The Kier molecular flexibility index (Phi) is 4.36. The van der Waals surface area contributed by atoms with Crippen molar-refractivity contribution in [3.8, 4) is 0 Å². The molecule has 0 amide bonds. The molecule has 0 unspecified atom stereocenters. The molecule has 0 spiro atoms. The molecule has 0 aromatic heterocycles. The Morgan fingerprint density at radius 1 is 1.22 bits per heavy atom. The lowest BCUT2D eigenvalue weighted by atomic mass is 10.2. The van der Waals surface area contributed by atoms with E-state index in [4.69, 9.17) is 5.73 Å². The van der Waals surface area contributed by atoms with Crippen LogP contribution >= 0.6 is 0 Å². The summed E-state index contributed by atoms with van der Waals surface area (Å²) in [5.74, 6) is 0. The summed E-state index contributed by atoms with van der Waals surface area (Å²) in [5, 5.41) is 0. The number of rotatable bonds is 4. The van der Waals surface area contributed by atoms with Crippen molar-refractivity contribution in [2.24, 2.45) is 5.73 Å². The molecule has 1 rings (SSSR count). The van der Waals surface area contributed by atoms with E-state index in [0.717, 1.165) is 28.6 Å². The summed E-state index contributed by atoms with van der Waals surface area (Å²) in [4.78, 5) is -0.188. The number of hydrogen-bond donors (Lipinski definition) is 1. The van der Waals surface area contributed by atoms with E-state index >= 15 is 0 Å². The zero-order chi connectivity index (χ0) is 14.0. The molecule has 0 aliphatic carbocycles. The second kappa shape index (κ2) is 5.25. The van der Waals surface area contributed by atoms with Crippen molar-refractivity contribution < 1.29 is 21.6 Å². The van der Waals surface area contributed by atoms with E-state index in [1.165, 1.54) is 7.05 Å². The van der Waals surface area contributed by atoms with Crippen LogP contribution in [0.5, 0.6) is 0 Å². The Balaban J connectivity index is 3.05. The van der Waals surface area contributed by atoms with Gasteiger partial charge in [0.15, 0.2) is 0 Å². The van der Waals surface area contributed by atoms with E-state index in [-0.39, 0.29) is 18.0 Å². The van der Waals surface area contributed by atoms with Gasteiger partial charge in [0, 0.05) is 20.1 Å². The van der Waals surface area contributed by atoms with Crippen LogP contribution in [-0.4, -0.2) is 32.9 Å². The van der Waals surface area contributed by atoms with Crippen LogP contribution in [0.25, 0.3) is 0 Å². The second-order valence-corrected chi connectivity index (χ2v) is 5.68. The normalized spacial score (nSPS) is 13.0. The fourth-order valence-electron chi connectivity index (χ4n) is 1.30. The second-order valence-electron chi connectivity index (χ2n) is 3.64. The molecule has 0 heterocycles. The zero-order valence-electron chi connectivity index (χ0n) is 9.61. The molecule has 0 aliphatic heterocycles. The van der Waals surface area contributed by atoms with Gasteiger partial charge in [0.1, 0.15) is 0 Å². The van der Waals surface area contributed by atoms with Crippen LogP contribution in [0.3, 0.4) is 0 Å². The predicted molar refractivity (Wildman–Crippen MR) is 60.3 cm³/mol. The van der Waals surface area contributed by atoms with Crippen LogP contribution < -0.4 is 5.73 Å². The molecule has 102 valence electrons. The highest BCUT2D eigenvalue weighted by Crippen LogP contribution is 2.30. The highest BCUT2D eigenvalue weighted by Gasteiger charge is 2.31. The fourth-order valence-corrected chi connectivity index (χ4v) is 2.48. The molecule has 4 nitrogen and oxygen atoms in total. The van der Waals surface area contributed by atoms with Crippen LogP contribution in [0.2, 0.25) is 0 Å². The number of likely N-dealkylation sites (N-methyl/N-ethyl adjacent to an activating group) is 1. The SMILES string of the molecule is CN(CCN)S(=O)(=O)c1ccc(C(F)(F)F)cc1. The molecule has 1 aromatic carbocycles. The molecule has 0 radical (unpaired) electrons. The van der Waals surface area contributed by atoms with Crippen molar-refractivity contribution in [2.75, 3.05) is 20.1 Å². The van der Waals surface area contributed by atoms with Crippen LogP contribution in [-0.2, 0) is 16.2 Å². The monoisotopic (exact) mass is 282 g/mol. The smallest absolute Gasteiger partial charge is 0.329 e. The van der Waals surface area contributed by atoms with Gasteiger partial charge in [-0.25, -0.2) is 8.42 Å². The number of benzene rings is 1. The third kappa shape index (κ3) is 3.21. The van der Waals surface area contributed by atoms with E-state index in [9.17, 15) is 21.6 Å². The van der Waals surface area contributed by atoms with Gasteiger partial charge in [0.2, 0.25) is 10.0 Å². The predicted octanol–water partition coefficient (Wildman–Crippen LogP) is 1.28. The summed E-state index contributed by atoms with van der Waals surface area (Å²) in [7, 11) is -2.46. The lowest BCUT2D eigenvalue weighted by Gasteiger charge is -2.16. The molecule has 0 bridgehead atoms. The minimum absolute atomic E-state index is 0.101. The summed E-state index contributed by atoms with van der Waals surface area (Å²) in [6.45, 7) is 0.236. The summed E-state index contributed by atoms with van der Waals surface area (Å²) in [5.41, 5.74) is 4.34. The maximum Gasteiger partial charge on any atom is 0.416 e. The molecule has 2 N–H and O–H groups in total. The molecule has 0 fully saturated rings. The quantitative estimate of drug-likeness (QED) is 0.905. The number of halogens is 3. The third-order valence-corrected chi connectivity index (χ3v) is 4.20. The largest absolute Gasteiger partial charge is 0.416 e. The van der Waals surface area contributed by atoms with Gasteiger partial charge in [0.05, 0.1) is 10.5 Å². The first-order chi connectivity index (χ1) is 8.19. The van der Waals surface area contributed by atoms with Gasteiger partial charge in [-0.2, -0.15) is 17.5 Å². The summed E-state index contributed by atoms with van der Waals surface area (Å²) in [6, 6.07) is 3.35. The van der Waals surface area contributed by atoms with E-state index in [1.54, 1.807) is 0 Å². The van der Waals surface area contributed by atoms with Crippen molar-refractivity contribution >= 4 is 10.0 Å². The van der Waals surface area contributed by atoms with E-state index in [1.807, 2.05) is 0 Å². The van der Waals surface area contributed by atoms with Crippen molar-refractivity contribution in [1.82, 2.24) is 4.31 Å². The standard InChI is InChI=1S/C10H13F3N2O2S/c1-15(7-6-14)18(16,17)9-4-2-8(3-5-9)10(11,12)13/h2-5H,6-7,14H2,1H3. The molecular weight excluding hydrogens is 269 g/mol. The van der Waals surface area contributed by atoms with Gasteiger partial charge in [-0.15, -0.1) is 0 Å². The lowest BCUT2D eigenvalue weighted by Crippen LogP contribution is -2.31. The Morgan fingerprint density at radius 2 is 1.72 bits per heavy atom. The van der Waals surface area contributed by atoms with E-state index < -0.39 is 21.8 Å². The van der Waals surface area contributed by atoms with Crippen molar-refractivity contribution in [3.63, 3.8) is 0 Å². The maximum absolute atomic E-state index is 12.3. The minimum atomic E-state index is -4.48. The molecule has 8 heteroatoms. The Hall–Kier alpha value is -1.12. The molecule has 1 aromatic rings. The molecule has 18 heavy (non-hydrogen) atoms. The molecule has 0 atom stereocenters. The van der Waals surface area contributed by atoms with Gasteiger partial charge >= 0.3 is 6.18 Å². The summed E-state index contributed by atoms with van der Waals surface area (Å²) in [6.07, 6.45) is -4.48. The lowest BCUT2D eigenvalue weighted by molar-refractivity contribution is -0.137. The van der Waals surface area contributed by atoms with Crippen LogP contribution in [0, 0.1) is 0 Å². The third-order valence-electron chi connectivity index (χ3n) is 2.33. The van der Waals surface area contributed by atoms with Gasteiger partial charge < -0.3 is 5.73 Å². The Labute approximate surface area is 103 Å². The summed E-state index contributed by atoms with van der Waals surface area (Å²) < 4.78 is 61.7. The average molecular weight is 282 g/mol. The zero-order valence-corrected chi connectivity index (χ0v) is 10.4. The van der Waals surface area contributed by atoms with E-state index in [0.29, 0.717) is 0 Å². The van der Waals surface area contributed by atoms with Gasteiger partial charge in [0.25, 0.3) is 0 Å². The van der Waals surface area contributed by atoms with Crippen molar-refractivity contribution in [3.05, 3.63) is 29.8 Å². The highest BCUT2D eigenvalue weighted by molar-refractivity contribution is 7.89. The van der Waals surface area contributed by atoms with E-state index in [2.05, 4.69) is 0 Å². The first-order valence-corrected chi connectivity index (χ1v) is 6.47. The fraction of sp³-hybridized carbons (Fsp3) is 0.400. The van der Waals surface area contributed by atoms with Gasteiger partial charge in [-0.3, -0.25) is 0 Å². The molecule has 0 saturated carbocycles. The number of nitrogens with two attached hydrogens (primary N) is 1. The minimum Gasteiger partial charge on any atom is -0.329 e. The average Bonchev–Trinajstić information content (AvgIpc) is 2.28.